The molecule has 6 nitrogen and oxygen atoms in total. The Bertz CT molecular complexity index is 464. The van der Waals surface area contributed by atoms with Crippen LogP contribution in [0.3, 0.4) is 0 Å². The molecule has 0 amide bonds. The molecule has 1 aromatic carbocycles. The van der Waals surface area contributed by atoms with Crippen molar-refractivity contribution >= 4 is 27.6 Å². The van der Waals surface area contributed by atoms with Gasteiger partial charge in [-0.05, 0) is 22.0 Å². The lowest BCUT2D eigenvalue weighted by Crippen LogP contribution is -2.11. The van der Waals surface area contributed by atoms with E-state index in [2.05, 4.69) is 15.9 Å². The first-order valence-electron chi connectivity index (χ1n) is 3.88. The van der Waals surface area contributed by atoms with E-state index in [4.69, 9.17) is 10.2 Å². The molecule has 1 aromatic rings. The van der Waals surface area contributed by atoms with Crippen molar-refractivity contribution in [1.82, 2.24) is 0 Å². The SMILES string of the molecule is O=C(O)C(O)c1cc(F)c(Br)c([N+](=O)[O-])c1. The first kappa shape index (κ1) is 12.5. The van der Waals surface area contributed by atoms with Gasteiger partial charge in [0.2, 0.25) is 0 Å². The van der Waals surface area contributed by atoms with Crippen molar-refractivity contribution in [1.29, 1.82) is 0 Å². The molecule has 16 heavy (non-hydrogen) atoms. The van der Waals surface area contributed by atoms with E-state index in [-0.39, 0.29) is 10.0 Å². The van der Waals surface area contributed by atoms with Crippen LogP contribution in [-0.2, 0) is 4.79 Å². The molecule has 2 N–H and O–H groups in total. The number of nitro benzene ring substituents is 1. The van der Waals surface area contributed by atoms with Gasteiger partial charge in [-0.15, -0.1) is 0 Å². The van der Waals surface area contributed by atoms with E-state index in [1.807, 2.05) is 0 Å². The molecule has 0 bridgehead atoms. The predicted octanol–water partition coefficient (Wildman–Crippen LogP) is 1.61. The highest BCUT2D eigenvalue weighted by Gasteiger charge is 2.24. The highest BCUT2D eigenvalue weighted by Crippen LogP contribution is 2.31. The summed E-state index contributed by atoms with van der Waals surface area (Å²) >= 11 is 2.66. The molecule has 1 atom stereocenters. The maximum Gasteiger partial charge on any atom is 0.337 e. The zero-order chi connectivity index (χ0) is 12.5. The molecular weight excluding hydrogens is 289 g/mol. The Hall–Kier alpha value is -1.54. The van der Waals surface area contributed by atoms with Crippen molar-refractivity contribution in [2.45, 2.75) is 6.10 Å². The van der Waals surface area contributed by atoms with E-state index in [1.165, 1.54) is 0 Å². The monoisotopic (exact) mass is 293 g/mol. The summed E-state index contributed by atoms with van der Waals surface area (Å²) in [4.78, 5) is 20.0. The van der Waals surface area contributed by atoms with Crippen LogP contribution in [0.1, 0.15) is 11.7 Å². The molecule has 1 unspecified atom stereocenters. The highest BCUT2D eigenvalue weighted by molar-refractivity contribution is 9.10. The van der Waals surface area contributed by atoms with Crippen LogP contribution < -0.4 is 0 Å². The minimum Gasteiger partial charge on any atom is -0.479 e. The zero-order valence-corrected chi connectivity index (χ0v) is 9.14. The molecule has 0 aliphatic heterocycles. The van der Waals surface area contributed by atoms with Crippen molar-refractivity contribution in [2.75, 3.05) is 0 Å². The van der Waals surface area contributed by atoms with Crippen molar-refractivity contribution in [2.24, 2.45) is 0 Å². The van der Waals surface area contributed by atoms with Crippen LogP contribution in [0.2, 0.25) is 0 Å². The van der Waals surface area contributed by atoms with Crippen LogP contribution in [0.5, 0.6) is 0 Å². The molecule has 0 fully saturated rings. The van der Waals surface area contributed by atoms with Crippen LogP contribution in [0.25, 0.3) is 0 Å². The third-order valence-electron chi connectivity index (χ3n) is 1.78. The number of nitro groups is 1. The summed E-state index contributed by atoms with van der Waals surface area (Å²) in [5.41, 5.74) is -1.03. The molecule has 0 spiro atoms. The molecule has 8 heteroatoms. The lowest BCUT2D eigenvalue weighted by molar-refractivity contribution is -0.386. The van der Waals surface area contributed by atoms with Crippen LogP contribution in [0, 0.1) is 15.9 Å². The van der Waals surface area contributed by atoms with E-state index < -0.39 is 28.5 Å². The van der Waals surface area contributed by atoms with Crippen LogP contribution in [0.15, 0.2) is 16.6 Å². The summed E-state index contributed by atoms with van der Waals surface area (Å²) in [6.45, 7) is 0. The Labute approximate surface area is 96.6 Å². The fraction of sp³-hybridized carbons (Fsp3) is 0.125. The number of hydrogen-bond donors (Lipinski definition) is 2. The number of nitrogens with zero attached hydrogens (tertiary/aromatic N) is 1. The number of aliphatic carboxylic acids is 1. The highest BCUT2D eigenvalue weighted by atomic mass is 79.9. The van der Waals surface area contributed by atoms with E-state index >= 15 is 0 Å². The van der Waals surface area contributed by atoms with Gasteiger partial charge in [-0.2, -0.15) is 0 Å². The smallest absolute Gasteiger partial charge is 0.337 e. The molecule has 86 valence electrons. The number of aliphatic hydroxyl groups excluding tert-OH is 1. The van der Waals surface area contributed by atoms with Gasteiger partial charge >= 0.3 is 5.97 Å². The van der Waals surface area contributed by atoms with Gasteiger partial charge in [0.25, 0.3) is 5.69 Å². The van der Waals surface area contributed by atoms with Crippen molar-refractivity contribution < 1.29 is 24.3 Å². The standard InChI is InChI=1S/C8H5BrFNO5/c9-6-4(10)1-3(7(12)8(13)14)2-5(6)11(15)16/h1-2,7,12H,(H,13,14). The number of carbonyl (C=O) groups is 1. The summed E-state index contributed by atoms with van der Waals surface area (Å²) in [5.74, 6) is -2.62. The molecular formula is C8H5BrFNO5. The van der Waals surface area contributed by atoms with Crippen LogP contribution in [0.4, 0.5) is 10.1 Å². The summed E-state index contributed by atoms with van der Waals surface area (Å²) in [5, 5.41) is 28.1. The number of carboxylic acid groups (broad SMARTS) is 1. The van der Waals surface area contributed by atoms with E-state index in [0.717, 1.165) is 12.1 Å². The second kappa shape index (κ2) is 4.54. The molecule has 0 aliphatic rings. The summed E-state index contributed by atoms with van der Waals surface area (Å²) < 4.78 is 12.8. The Morgan fingerprint density at radius 1 is 1.56 bits per heavy atom. The fourth-order valence-corrected chi connectivity index (χ4v) is 1.40. The van der Waals surface area contributed by atoms with Gasteiger partial charge in [0.1, 0.15) is 10.3 Å². The van der Waals surface area contributed by atoms with E-state index in [0.29, 0.717) is 0 Å². The van der Waals surface area contributed by atoms with Crippen molar-refractivity contribution in [3.63, 3.8) is 0 Å². The Kier molecular flexibility index (Phi) is 3.55. The molecule has 1 rings (SSSR count). The Balaban J connectivity index is 3.34. The molecule has 0 aliphatic carbocycles. The van der Waals surface area contributed by atoms with E-state index in [9.17, 15) is 19.3 Å². The lowest BCUT2D eigenvalue weighted by atomic mass is 10.1. The average molecular weight is 294 g/mol. The third-order valence-corrected chi connectivity index (χ3v) is 2.56. The van der Waals surface area contributed by atoms with Gasteiger partial charge in [-0.25, -0.2) is 9.18 Å². The molecule has 0 radical (unpaired) electrons. The molecule has 0 heterocycles. The summed E-state index contributed by atoms with van der Waals surface area (Å²) in [7, 11) is 0. The maximum atomic E-state index is 13.2. The topological polar surface area (TPSA) is 101 Å². The van der Waals surface area contributed by atoms with Crippen LogP contribution in [-0.4, -0.2) is 21.1 Å². The van der Waals surface area contributed by atoms with Gasteiger partial charge in [0.15, 0.2) is 6.10 Å². The summed E-state index contributed by atoms with van der Waals surface area (Å²) in [6, 6.07) is 1.52. The maximum absolute atomic E-state index is 13.2. The lowest BCUT2D eigenvalue weighted by Gasteiger charge is -2.06. The first-order chi connectivity index (χ1) is 7.34. The summed E-state index contributed by atoms with van der Waals surface area (Å²) in [6.07, 6.45) is -2.00. The minimum atomic E-state index is -2.00. The van der Waals surface area contributed by atoms with Gasteiger partial charge in [-0.1, -0.05) is 0 Å². The second-order valence-corrected chi connectivity index (χ2v) is 3.63. The molecule has 0 saturated heterocycles. The third kappa shape index (κ3) is 2.34. The normalized spacial score (nSPS) is 12.2. The van der Waals surface area contributed by atoms with Crippen molar-refractivity contribution in [3.05, 3.63) is 38.1 Å². The number of benzene rings is 1. The minimum absolute atomic E-state index is 0.389. The Morgan fingerprint density at radius 3 is 2.56 bits per heavy atom. The van der Waals surface area contributed by atoms with Gasteiger partial charge in [0, 0.05) is 11.6 Å². The van der Waals surface area contributed by atoms with E-state index in [1.54, 1.807) is 0 Å². The number of aliphatic hydroxyl groups is 1. The largest absolute Gasteiger partial charge is 0.479 e. The zero-order valence-electron chi connectivity index (χ0n) is 7.55. The second-order valence-electron chi connectivity index (χ2n) is 2.83. The number of hydrogen-bond acceptors (Lipinski definition) is 4. The van der Waals surface area contributed by atoms with Crippen molar-refractivity contribution in [3.8, 4) is 0 Å². The molecule has 0 aromatic heterocycles. The predicted molar refractivity (Wildman–Crippen MR) is 53.4 cm³/mol. The first-order valence-corrected chi connectivity index (χ1v) is 4.68. The number of carboxylic acids is 1. The Morgan fingerprint density at radius 2 is 2.12 bits per heavy atom. The van der Waals surface area contributed by atoms with Gasteiger partial charge < -0.3 is 10.2 Å². The van der Waals surface area contributed by atoms with Gasteiger partial charge in [-0.3, -0.25) is 10.1 Å². The fourth-order valence-electron chi connectivity index (χ4n) is 1.03. The quantitative estimate of drug-likeness (QED) is 0.651. The number of rotatable bonds is 3. The van der Waals surface area contributed by atoms with Gasteiger partial charge in [0.05, 0.1) is 4.92 Å². The molecule has 0 saturated carbocycles. The number of halogens is 2. The average Bonchev–Trinajstić information content (AvgIpc) is 2.20. The van der Waals surface area contributed by atoms with Crippen LogP contribution >= 0.6 is 15.9 Å².